The average Bonchev–Trinajstić information content (AvgIpc) is 2.61. The lowest BCUT2D eigenvalue weighted by Gasteiger charge is -2.36. The van der Waals surface area contributed by atoms with Gasteiger partial charge < -0.3 is 0 Å². The summed E-state index contributed by atoms with van der Waals surface area (Å²) in [6, 6.07) is 0. The van der Waals surface area contributed by atoms with Crippen LogP contribution in [0.15, 0.2) is 0 Å². The van der Waals surface area contributed by atoms with Crippen molar-refractivity contribution >= 4 is 0 Å². The topological polar surface area (TPSA) is 0 Å². The van der Waals surface area contributed by atoms with E-state index in [2.05, 4.69) is 0 Å². The summed E-state index contributed by atoms with van der Waals surface area (Å²) in [4.78, 5) is 0. The maximum Gasteiger partial charge on any atom is -0.0386 e. The highest BCUT2D eigenvalue weighted by Crippen LogP contribution is 2.41. The summed E-state index contributed by atoms with van der Waals surface area (Å²) in [5, 5.41) is 0. The molecule has 0 radical (unpaired) electrons. The van der Waals surface area contributed by atoms with Gasteiger partial charge in [0.25, 0.3) is 0 Å². The second kappa shape index (κ2) is 9.33. The summed E-state index contributed by atoms with van der Waals surface area (Å²) in [6.07, 6.45) is 27.9. The Morgan fingerprint density at radius 2 is 0.864 bits per heavy atom. The molecule has 3 aliphatic rings. The van der Waals surface area contributed by atoms with Gasteiger partial charge in [-0.15, -0.1) is 0 Å². The number of hydrogen-bond donors (Lipinski definition) is 0. The van der Waals surface area contributed by atoms with Gasteiger partial charge in [0.1, 0.15) is 0 Å². The lowest BCUT2D eigenvalue weighted by atomic mass is 9.70. The van der Waals surface area contributed by atoms with E-state index in [1.165, 1.54) is 51.4 Å². The van der Waals surface area contributed by atoms with Crippen molar-refractivity contribution in [1.82, 2.24) is 0 Å². The first-order valence-electron chi connectivity index (χ1n) is 10.9. The monoisotopic (exact) mass is 304 g/mol. The Kier molecular flexibility index (Phi) is 7.15. The van der Waals surface area contributed by atoms with E-state index in [0.29, 0.717) is 0 Å². The van der Waals surface area contributed by atoms with Gasteiger partial charge in [0.2, 0.25) is 0 Å². The molecule has 0 nitrogen and oxygen atoms in total. The largest absolute Gasteiger partial charge is 0.0533 e. The second-order valence-corrected chi connectivity index (χ2v) is 8.97. The van der Waals surface area contributed by atoms with E-state index in [-0.39, 0.29) is 0 Å². The predicted molar refractivity (Wildman–Crippen MR) is 97.1 cm³/mol. The van der Waals surface area contributed by atoms with Gasteiger partial charge in [-0.25, -0.2) is 0 Å². The Morgan fingerprint density at radius 1 is 0.409 bits per heavy atom. The first-order valence-corrected chi connectivity index (χ1v) is 10.9. The van der Waals surface area contributed by atoms with Gasteiger partial charge in [0.15, 0.2) is 0 Å². The first-order chi connectivity index (χ1) is 10.9. The molecular formula is C22H40. The third-order valence-corrected chi connectivity index (χ3v) is 7.41. The SMILES string of the molecule is C1CCC(CCCCC2CCC(C3CCCCC3)CC2)CC1. The molecule has 0 heteroatoms. The minimum absolute atomic E-state index is 1.10. The third-order valence-electron chi connectivity index (χ3n) is 7.41. The van der Waals surface area contributed by atoms with Gasteiger partial charge >= 0.3 is 0 Å². The summed E-state index contributed by atoms with van der Waals surface area (Å²) < 4.78 is 0. The molecule has 128 valence electrons. The molecule has 0 heterocycles. The minimum Gasteiger partial charge on any atom is -0.0533 e. The van der Waals surface area contributed by atoms with Crippen LogP contribution < -0.4 is 0 Å². The van der Waals surface area contributed by atoms with Gasteiger partial charge in [0, 0.05) is 0 Å². The highest BCUT2D eigenvalue weighted by Gasteiger charge is 2.28. The standard InChI is InChI=1S/C22H40/c1-3-9-19(10-4-1)11-7-8-12-20-15-17-22(18-16-20)21-13-5-2-6-14-21/h19-22H,1-18H2. The van der Waals surface area contributed by atoms with Crippen molar-refractivity contribution in [3.8, 4) is 0 Å². The quantitative estimate of drug-likeness (QED) is 0.445. The summed E-state index contributed by atoms with van der Waals surface area (Å²) in [7, 11) is 0. The average molecular weight is 305 g/mol. The van der Waals surface area contributed by atoms with Crippen molar-refractivity contribution < 1.29 is 0 Å². The van der Waals surface area contributed by atoms with Gasteiger partial charge in [0.05, 0.1) is 0 Å². The van der Waals surface area contributed by atoms with Crippen molar-refractivity contribution in [2.75, 3.05) is 0 Å². The van der Waals surface area contributed by atoms with E-state index in [9.17, 15) is 0 Å². The lowest BCUT2D eigenvalue weighted by Crippen LogP contribution is -2.23. The molecular weight excluding hydrogens is 264 g/mol. The van der Waals surface area contributed by atoms with E-state index in [4.69, 9.17) is 0 Å². The Hall–Kier alpha value is 0. The van der Waals surface area contributed by atoms with Crippen LogP contribution in [0, 0.1) is 23.7 Å². The molecule has 0 aromatic heterocycles. The molecule has 0 aromatic rings. The fourth-order valence-electron chi connectivity index (χ4n) is 5.90. The molecule has 0 N–H and O–H groups in total. The molecule has 0 saturated heterocycles. The van der Waals surface area contributed by atoms with E-state index in [0.717, 1.165) is 23.7 Å². The van der Waals surface area contributed by atoms with Crippen LogP contribution in [0.1, 0.15) is 116 Å². The first kappa shape index (κ1) is 16.8. The third kappa shape index (κ3) is 5.27. The molecule has 3 fully saturated rings. The minimum atomic E-state index is 1.10. The van der Waals surface area contributed by atoms with Crippen molar-refractivity contribution in [2.24, 2.45) is 23.7 Å². The summed E-state index contributed by atoms with van der Waals surface area (Å²) in [5.41, 5.74) is 0. The molecule has 22 heavy (non-hydrogen) atoms. The Bertz CT molecular complexity index is 274. The van der Waals surface area contributed by atoms with Crippen LogP contribution in [-0.4, -0.2) is 0 Å². The normalized spacial score (nSPS) is 32.2. The van der Waals surface area contributed by atoms with Crippen LogP contribution in [0.5, 0.6) is 0 Å². The van der Waals surface area contributed by atoms with Crippen molar-refractivity contribution in [2.45, 2.75) is 116 Å². The number of rotatable bonds is 6. The van der Waals surface area contributed by atoms with Gasteiger partial charge in [-0.3, -0.25) is 0 Å². The zero-order valence-corrected chi connectivity index (χ0v) is 15.0. The molecule has 3 aliphatic carbocycles. The van der Waals surface area contributed by atoms with E-state index < -0.39 is 0 Å². The Morgan fingerprint density at radius 3 is 1.45 bits per heavy atom. The number of hydrogen-bond acceptors (Lipinski definition) is 0. The van der Waals surface area contributed by atoms with E-state index in [1.807, 2.05) is 0 Å². The fourth-order valence-corrected chi connectivity index (χ4v) is 5.90. The zero-order valence-electron chi connectivity index (χ0n) is 15.0. The van der Waals surface area contributed by atoms with E-state index >= 15 is 0 Å². The Labute approximate surface area is 139 Å². The highest BCUT2D eigenvalue weighted by molar-refractivity contribution is 4.80. The van der Waals surface area contributed by atoms with Crippen LogP contribution >= 0.6 is 0 Å². The van der Waals surface area contributed by atoms with E-state index in [1.54, 1.807) is 64.2 Å². The highest BCUT2D eigenvalue weighted by atomic mass is 14.3. The van der Waals surface area contributed by atoms with Crippen LogP contribution in [0.3, 0.4) is 0 Å². The maximum atomic E-state index is 1.58. The zero-order chi connectivity index (χ0) is 15.0. The second-order valence-electron chi connectivity index (χ2n) is 8.97. The predicted octanol–water partition coefficient (Wildman–Crippen LogP) is 7.51. The van der Waals surface area contributed by atoms with Crippen molar-refractivity contribution in [3.63, 3.8) is 0 Å². The summed E-state index contributed by atoms with van der Waals surface area (Å²) >= 11 is 0. The smallest absolute Gasteiger partial charge is 0.0386 e. The van der Waals surface area contributed by atoms with Gasteiger partial charge in [-0.05, 0) is 36.5 Å². The number of unbranched alkanes of at least 4 members (excludes halogenated alkanes) is 1. The van der Waals surface area contributed by atoms with Crippen molar-refractivity contribution in [3.05, 3.63) is 0 Å². The molecule has 0 aromatic carbocycles. The molecule has 0 atom stereocenters. The molecule has 0 spiro atoms. The Balaban J connectivity index is 1.24. The summed E-state index contributed by atoms with van der Waals surface area (Å²) in [5.74, 6) is 4.46. The fraction of sp³-hybridized carbons (Fsp3) is 1.00. The molecule has 0 amide bonds. The van der Waals surface area contributed by atoms with Gasteiger partial charge in [-0.1, -0.05) is 103 Å². The van der Waals surface area contributed by atoms with Crippen LogP contribution in [0.4, 0.5) is 0 Å². The lowest BCUT2D eigenvalue weighted by molar-refractivity contribution is 0.162. The summed E-state index contributed by atoms with van der Waals surface area (Å²) in [6.45, 7) is 0. The molecule has 0 bridgehead atoms. The van der Waals surface area contributed by atoms with Crippen molar-refractivity contribution in [1.29, 1.82) is 0 Å². The van der Waals surface area contributed by atoms with Gasteiger partial charge in [-0.2, -0.15) is 0 Å². The van der Waals surface area contributed by atoms with Crippen LogP contribution in [-0.2, 0) is 0 Å². The van der Waals surface area contributed by atoms with Crippen LogP contribution in [0.2, 0.25) is 0 Å². The maximum absolute atomic E-state index is 1.58. The molecule has 0 unspecified atom stereocenters. The molecule has 3 rings (SSSR count). The molecule has 3 saturated carbocycles. The molecule has 0 aliphatic heterocycles. The van der Waals surface area contributed by atoms with Crippen LogP contribution in [0.25, 0.3) is 0 Å².